The van der Waals surface area contributed by atoms with Crippen molar-refractivity contribution in [1.29, 1.82) is 0 Å². The normalized spacial score (nSPS) is 12.2. The van der Waals surface area contributed by atoms with E-state index in [1.807, 2.05) is 55.5 Å². The second-order valence-corrected chi connectivity index (χ2v) is 6.25. The molecule has 1 atom stereocenters. The number of hydrogen-bond acceptors (Lipinski definition) is 2. The lowest BCUT2D eigenvalue weighted by Gasteiger charge is -2.31. The van der Waals surface area contributed by atoms with Crippen molar-refractivity contribution in [1.82, 2.24) is 10.2 Å². The average Bonchev–Trinajstić information content (AvgIpc) is 2.59. The molecule has 0 fully saturated rings. The summed E-state index contributed by atoms with van der Waals surface area (Å²) in [5.41, 5.74) is 2.81. The molecule has 4 heteroatoms. The van der Waals surface area contributed by atoms with Gasteiger partial charge in [-0.25, -0.2) is 0 Å². The molecule has 1 amide bonds. The highest BCUT2D eigenvalue weighted by Crippen LogP contribution is 2.27. The Morgan fingerprint density at radius 2 is 1.83 bits per heavy atom. The molecule has 0 aliphatic carbocycles. The van der Waals surface area contributed by atoms with Crippen molar-refractivity contribution in [2.75, 3.05) is 19.6 Å². The van der Waals surface area contributed by atoms with Crippen molar-refractivity contribution in [2.45, 2.75) is 26.8 Å². The Labute approximate surface area is 149 Å². The van der Waals surface area contributed by atoms with Gasteiger partial charge in [-0.1, -0.05) is 61.3 Å². The maximum atomic E-state index is 12.5. The van der Waals surface area contributed by atoms with E-state index in [0.29, 0.717) is 12.1 Å². The Balaban J connectivity index is 2.17. The summed E-state index contributed by atoms with van der Waals surface area (Å²) in [4.78, 5) is 14.8. The van der Waals surface area contributed by atoms with Crippen LogP contribution < -0.4 is 5.32 Å². The lowest BCUT2D eigenvalue weighted by Crippen LogP contribution is -2.38. The maximum Gasteiger partial charge on any atom is 0.251 e. The van der Waals surface area contributed by atoms with Gasteiger partial charge in [-0.15, -0.1) is 0 Å². The Morgan fingerprint density at radius 3 is 2.46 bits per heavy atom. The number of benzene rings is 2. The highest BCUT2D eigenvalue weighted by molar-refractivity contribution is 6.31. The van der Waals surface area contributed by atoms with Gasteiger partial charge in [0.2, 0.25) is 0 Å². The molecule has 2 rings (SSSR count). The molecule has 24 heavy (non-hydrogen) atoms. The van der Waals surface area contributed by atoms with E-state index in [1.54, 1.807) is 0 Å². The van der Waals surface area contributed by atoms with Crippen LogP contribution in [0.4, 0.5) is 0 Å². The number of carbonyl (C=O) groups is 1. The topological polar surface area (TPSA) is 32.3 Å². The molecule has 128 valence electrons. The van der Waals surface area contributed by atoms with Crippen LogP contribution in [0, 0.1) is 6.92 Å². The number of aryl methyl sites for hydroxylation is 1. The Morgan fingerprint density at radius 1 is 1.12 bits per heavy atom. The van der Waals surface area contributed by atoms with Gasteiger partial charge in [-0.2, -0.15) is 0 Å². The summed E-state index contributed by atoms with van der Waals surface area (Å²) in [6, 6.07) is 15.5. The first kappa shape index (κ1) is 18.5. The summed E-state index contributed by atoms with van der Waals surface area (Å²) < 4.78 is 0. The summed E-state index contributed by atoms with van der Waals surface area (Å²) in [7, 11) is 0. The molecule has 0 saturated heterocycles. The number of nitrogens with one attached hydrogen (secondary N) is 1. The predicted octanol–water partition coefficient (Wildman–Crippen LogP) is 4.46. The molecule has 3 nitrogen and oxygen atoms in total. The molecule has 2 aromatic rings. The SMILES string of the molecule is CCN(CC)C(CNC(=O)c1cccc(C)c1)c1ccccc1Cl. The van der Waals surface area contributed by atoms with E-state index in [2.05, 4.69) is 24.1 Å². The molecule has 0 saturated carbocycles. The molecule has 1 unspecified atom stereocenters. The van der Waals surface area contributed by atoms with Crippen molar-refractivity contribution >= 4 is 17.5 Å². The molecule has 1 N–H and O–H groups in total. The first-order valence-electron chi connectivity index (χ1n) is 8.40. The van der Waals surface area contributed by atoms with Crippen molar-refractivity contribution in [3.63, 3.8) is 0 Å². The van der Waals surface area contributed by atoms with Crippen LogP contribution in [0.1, 0.15) is 41.4 Å². The van der Waals surface area contributed by atoms with E-state index in [0.717, 1.165) is 29.2 Å². The number of likely N-dealkylation sites (N-methyl/N-ethyl adjacent to an activating group) is 1. The second kappa shape index (κ2) is 8.86. The van der Waals surface area contributed by atoms with Crippen LogP contribution in [0.3, 0.4) is 0 Å². The zero-order chi connectivity index (χ0) is 17.5. The average molecular weight is 345 g/mol. The van der Waals surface area contributed by atoms with Gasteiger partial charge in [-0.3, -0.25) is 9.69 Å². The first-order valence-corrected chi connectivity index (χ1v) is 8.78. The highest BCUT2D eigenvalue weighted by Gasteiger charge is 2.21. The van der Waals surface area contributed by atoms with Crippen LogP contribution in [0.25, 0.3) is 0 Å². The van der Waals surface area contributed by atoms with Crippen LogP contribution in [0.5, 0.6) is 0 Å². The minimum Gasteiger partial charge on any atom is -0.350 e. The molecule has 0 aliphatic rings. The van der Waals surface area contributed by atoms with Crippen LogP contribution in [-0.2, 0) is 0 Å². The summed E-state index contributed by atoms with van der Waals surface area (Å²) in [6.07, 6.45) is 0. The summed E-state index contributed by atoms with van der Waals surface area (Å²) in [6.45, 7) is 8.54. The van der Waals surface area contributed by atoms with E-state index in [-0.39, 0.29) is 11.9 Å². The maximum absolute atomic E-state index is 12.5. The molecule has 0 spiro atoms. The van der Waals surface area contributed by atoms with E-state index >= 15 is 0 Å². The number of rotatable bonds is 7. The zero-order valence-electron chi connectivity index (χ0n) is 14.6. The van der Waals surface area contributed by atoms with Gasteiger partial charge >= 0.3 is 0 Å². The number of carbonyl (C=O) groups excluding carboxylic acids is 1. The fourth-order valence-corrected chi connectivity index (χ4v) is 3.18. The standard InChI is InChI=1S/C20H25ClN2O/c1-4-23(5-2)19(17-11-6-7-12-18(17)21)14-22-20(24)16-10-8-9-15(3)13-16/h6-13,19H,4-5,14H2,1-3H3,(H,22,24). The molecular formula is C20H25ClN2O. The van der Waals surface area contributed by atoms with Crippen LogP contribution in [0.15, 0.2) is 48.5 Å². The third-order valence-electron chi connectivity index (χ3n) is 4.25. The molecule has 2 aromatic carbocycles. The monoisotopic (exact) mass is 344 g/mol. The second-order valence-electron chi connectivity index (χ2n) is 5.84. The van der Waals surface area contributed by atoms with Crippen molar-refractivity contribution in [3.8, 4) is 0 Å². The molecule has 0 aliphatic heterocycles. The summed E-state index contributed by atoms with van der Waals surface area (Å²) >= 11 is 6.39. The smallest absolute Gasteiger partial charge is 0.251 e. The third kappa shape index (κ3) is 4.59. The number of amides is 1. The van der Waals surface area contributed by atoms with E-state index < -0.39 is 0 Å². The zero-order valence-corrected chi connectivity index (χ0v) is 15.3. The summed E-state index contributed by atoms with van der Waals surface area (Å²) in [5.74, 6) is -0.0529. The fraction of sp³-hybridized carbons (Fsp3) is 0.350. The molecule has 0 heterocycles. The van der Waals surface area contributed by atoms with Gasteiger partial charge in [0.05, 0.1) is 6.04 Å². The molecule has 0 bridgehead atoms. The van der Waals surface area contributed by atoms with Gasteiger partial charge in [0.1, 0.15) is 0 Å². The third-order valence-corrected chi connectivity index (χ3v) is 4.60. The Hall–Kier alpha value is -1.84. The lowest BCUT2D eigenvalue weighted by molar-refractivity contribution is 0.0935. The van der Waals surface area contributed by atoms with E-state index in [9.17, 15) is 4.79 Å². The fourth-order valence-electron chi connectivity index (χ4n) is 2.92. The quantitative estimate of drug-likeness (QED) is 0.804. The molecule has 0 radical (unpaired) electrons. The minimum atomic E-state index is -0.0529. The van der Waals surface area contributed by atoms with Gasteiger partial charge < -0.3 is 5.32 Å². The number of nitrogens with zero attached hydrogens (tertiary/aromatic N) is 1. The summed E-state index contributed by atoms with van der Waals surface area (Å²) in [5, 5.41) is 3.80. The van der Waals surface area contributed by atoms with Crippen LogP contribution >= 0.6 is 11.6 Å². The van der Waals surface area contributed by atoms with Crippen molar-refractivity contribution in [2.24, 2.45) is 0 Å². The predicted molar refractivity (Wildman–Crippen MR) is 101 cm³/mol. The van der Waals surface area contributed by atoms with E-state index in [4.69, 9.17) is 11.6 Å². The van der Waals surface area contributed by atoms with Crippen LogP contribution in [-0.4, -0.2) is 30.4 Å². The van der Waals surface area contributed by atoms with Gasteiger partial charge in [0, 0.05) is 17.1 Å². The first-order chi connectivity index (χ1) is 11.6. The van der Waals surface area contributed by atoms with Gasteiger partial charge in [0.25, 0.3) is 5.91 Å². The largest absolute Gasteiger partial charge is 0.350 e. The molecule has 0 aromatic heterocycles. The number of halogens is 1. The van der Waals surface area contributed by atoms with Gasteiger partial charge in [-0.05, 0) is 43.8 Å². The van der Waals surface area contributed by atoms with Crippen molar-refractivity contribution in [3.05, 3.63) is 70.2 Å². The number of hydrogen-bond donors (Lipinski definition) is 1. The minimum absolute atomic E-state index is 0.0529. The Kier molecular flexibility index (Phi) is 6.83. The van der Waals surface area contributed by atoms with E-state index in [1.165, 1.54) is 0 Å². The van der Waals surface area contributed by atoms with Crippen LogP contribution in [0.2, 0.25) is 5.02 Å². The molecular weight excluding hydrogens is 320 g/mol. The van der Waals surface area contributed by atoms with Gasteiger partial charge in [0.15, 0.2) is 0 Å². The highest BCUT2D eigenvalue weighted by atomic mass is 35.5. The Bertz CT molecular complexity index is 683. The lowest BCUT2D eigenvalue weighted by atomic mass is 10.0. The van der Waals surface area contributed by atoms with Crippen molar-refractivity contribution < 1.29 is 4.79 Å².